The van der Waals surface area contributed by atoms with Gasteiger partial charge in [-0.3, -0.25) is 4.90 Å². The van der Waals surface area contributed by atoms with Gasteiger partial charge in [-0.1, -0.05) is 13.0 Å². The number of carbonyl (C=O) groups is 1. The molecule has 0 unspecified atom stereocenters. The summed E-state index contributed by atoms with van der Waals surface area (Å²) in [5.74, 6) is -0.321. The number of furan rings is 1. The minimum Gasteiger partial charge on any atom is -0.488 e. The number of aliphatic hydroxyl groups excluding tert-OH is 1. The second kappa shape index (κ2) is 12.5. The number of aromatic nitrogens is 1. The molecule has 1 amide bonds. The van der Waals surface area contributed by atoms with Gasteiger partial charge in [0.2, 0.25) is 5.88 Å². The first-order chi connectivity index (χ1) is 20.7. The van der Waals surface area contributed by atoms with E-state index < -0.39 is 17.7 Å². The first kappa shape index (κ1) is 29.4. The standard InChI is InChI=1S/C32H38F2N4O5/c1-19-15-38(11-8-27(19)39)20(2)16-37-9-6-23(7-10-37)35-32(40)43-30-14-24-26(36-30)4-3-5-28(24)41-17-21-18-42-29-13-22(33)12-25(34)31(21)29/h3-5,12-14,18-20,23,27,36,39H,6-11,15-17H2,1-2H3,(H,35,40)/t19-,20-,27-/m0/s1. The number of H-pyrrole nitrogens is 1. The molecule has 2 aromatic heterocycles. The van der Waals surface area contributed by atoms with E-state index in [0.29, 0.717) is 34.2 Å². The van der Waals surface area contributed by atoms with Gasteiger partial charge in [0.25, 0.3) is 0 Å². The molecule has 0 spiro atoms. The molecule has 0 aliphatic carbocycles. The lowest BCUT2D eigenvalue weighted by atomic mass is 9.95. The minimum atomic E-state index is -0.710. The Balaban J connectivity index is 1.00. The average molecular weight is 597 g/mol. The predicted molar refractivity (Wildman–Crippen MR) is 158 cm³/mol. The highest BCUT2D eigenvalue weighted by Gasteiger charge is 2.29. The zero-order valence-corrected chi connectivity index (χ0v) is 24.4. The van der Waals surface area contributed by atoms with E-state index in [2.05, 4.69) is 33.9 Å². The summed E-state index contributed by atoms with van der Waals surface area (Å²) in [6.45, 7) is 9.01. The molecule has 9 nitrogen and oxygen atoms in total. The molecule has 4 aromatic rings. The maximum Gasteiger partial charge on any atom is 0.414 e. The van der Waals surface area contributed by atoms with E-state index in [1.165, 1.54) is 6.26 Å². The number of nitrogens with one attached hydrogen (secondary N) is 2. The Kier molecular flexibility index (Phi) is 8.56. The van der Waals surface area contributed by atoms with Crippen LogP contribution in [-0.4, -0.2) is 76.9 Å². The number of fused-ring (bicyclic) bond motifs is 2. The molecule has 2 saturated heterocycles. The molecule has 3 atom stereocenters. The van der Waals surface area contributed by atoms with Gasteiger partial charge >= 0.3 is 6.09 Å². The van der Waals surface area contributed by atoms with E-state index >= 15 is 0 Å². The van der Waals surface area contributed by atoms with E-state index in [0.717, 1.165) is 64.1 Å². The van der Waals surface area contributed by atoms with E-state index in [1.54, 1.807) is 18.2 Å². The lowest BCUT2D eigenvalue weighted by Gasteiger charge is -2.41. The highest BCUT2D eigenvalue weighted by molar-refractivity contribution is 5.88. The van der Waals surface area contributed by atoms with Crippen LogP contribution >= 0.6 is 0 Å². The van der Waals surface area contributed by atoms with Crippen LogP contribution in [0.15, 0.2) is 47.1 Å². The molecule has 2 aliphatic rings. The Labute approximate surface area is 248 Å². The third kappa shape index (κ3) is 6.63. The van der Waals surface area contributed by atoms with Gasteiger partial charge in [-0.25, -0.2) is 13.6 Å². The Bertz CT molecular complexity index is 1580. The minimum absolute atomic E-state index is 0.00821. The topological polar surface area (TPSA) is 103 Å². The summed E-state index contributed by atoms with van der Waals surface area (Å²) in [6, 6.07) is 9.50. The van der Waals surface area contributed by atoms with Crippen LogP contribution in [0.4, 0.5) is 13.6 Å². The third-order valence-corrected chi connectivity index (χ3v) is 8.80. The van der Waals surface area contributed by atoms with Gasteiger partial charge in [0.1, 0.15) is 29.6 Å². The monoisotopic (exact) mass is 596 g/mol. The second-order valence-corrected chi connectivity index (χ2v) is 11.9. The summed E-state index contributed by atoms with van der Waals surface area (Å²) in [7, 11) is 0. The Hall–Kier alpha value is -3.67. The van der Waals surface area contributed by atoms with Gasteiger partial charge in [0, 0.05) is 74.0 Å². The van der Waals surface area contributed by atoms with E-state index in [9.17, 15) is 18.7 Å². The smallest absolute Gasteiger partial charge is 0.414 e. The first-order valence-corrected chi connectivity index (χ1v) is 15.0. The highest BCUT2D eigenvalue weighted by Crippen LogP contribution is 2.32. The van der Waals surface area contributed by atoms with Crippen LogP contribution in [0, 0.1) is 17.6 Å². The molecular formula is C32H38F2N4O5. The number of nitrogens with zero attached hydrogens (tertiary/aromatic N) is 2. The van der Waals surface area contributed by atoms with Gasteiger partial charge in [-0.2, -0.15) is 0 Å². The summed E-state index contributed by atoms with van der Waals surface area (Å²) in [5.41, 5.74) is 1.29. The molecule has 3 N–H and O–H groups in total. The lowest BCUT2D eigenvalue weighted by Crippen LogP contribution is -2.52. The van der Waals surface area contributed by atoms with Crippen molar-refractivity contribution < 1.29 is 32.6 Å². The molecule has 6 rings (SSSR count). The van der Waals surface area contributed by atoms with Crippen LogP contribution in [0.25, 0.3) is 21.9 Å². The predicted octanol–water partition coefficient (Wildman–Crippen LogP) is 5.42. The van der Waals surface area contributed by atoms with E-state index in [-0.39, 0.29) is 35.6 Å². The van der Waals surface area contributed by atoms with E-state index in [1.807, 2.05) is 6.07 Å². The number of rotatable bonds is 8. The largest absolute Gasteiger partial charge is 0.488 e. The number of hydrogen-bond acceptors (Lipinski definition) is 7. The van der Waals surface area contributed by atoms with Crippen LogP contribution in [0.5, 0.6) is 11.6 Å². The Morgan fingerprint density at radius 1 is 1.19 bits per heavy atom. The van der Waals surface area contributed by atoms with Gasteiger partial charge < -0.3 is 34.2 Å². The summed E-state index contributed by atoms with van der Waals surface area (Å²) in [6.07, 6.45) is 3.16. The van der Waals surface area contributed by atoms with E-state index in [4.69, 9.17) is 13.9 Å². The summed E-state index contributed by atoms with van der Waals surface area (Å²) in [4.78, 5) is 20.7. The van der Waals surface area contributed by atoms with Crippen LogP contribution in [0.3, 0.4) is 0 Å². The van der Waals surface area contributed by atoms with Crippen LogP contribution < -0.4 is 14.8 Å². The van der Waals surface area contributed by atoms with Crippen molar-refractivity contribution >= 4 is 28.0 Å². The van der Waals surface area contributed by atoms with Gasteiger partial charge in [-0.15, -0.1) is 0 Å². The van der Waals surface area contributed by atoms with Gasteiger partial charge in [-0.05, 0) is 44.2 Å². The molecule has 43 heavy (non-hydrogen) atoms. The van der Waals surface area contributed by atoms with Crippen molar-refractivity contribution in [2.75, 3.05) is 32.7 Å². The molecule has 0 saturated carbocycles. The highest BCUT2D eigenvalue weighted by atomic mass is 19.1. The van der Waals surface area contributed by atoms with Crippen molar-refractivity contribution in [1.29, 1.82) is 0 Å². The molecule has 4 heterocycles. The summed E-state index contributed by atoms with van der Waals surface area (Å²) < 4.78 is 44.7. The van der Waals surface area contributed by atoms with Crippen LogP contribution in [0.2, 0.25) is 0 Å². The SMILES string of the molecule is C[C@H]1CN([C@@H](C)CN2CCC(NC(=O)Oc3cc4c(OCc5coc6cc(F)cc(F)c56)cccc4[nH]3)CC2)CC[C@@H]1O. The van der Waals surface area contributed by atoms with Crippen molar-refractivity contribution in [3.8, 4) is 11.6 Å². The Morgan fingerprint density at radius 3 is 2.79 bits per heavy atom. The normalized spacial score (nSPS) is 21.3. The molecule has 0 bridgehead atoms. The van der Waals surface area contributed by atoms with Crippen molar-refractivity contribution in [3.63, 3.8) is 0 Å². The number of carbonyl (C=O) groups excluding carboxylic acids is 1. The number of benzene rings is 2. The number of likely N-dealkylation sites (tertiary alicyclic amines) is 2. The number of ether oxygens (including phenoxy) is 2. The van der Waals surface area contributed by atoms with Crippen molar-refractivity contribution in [3.05, 3.63) is 59.9 Å². The number of aliphatic hydroxyl groups is 1. The number of halogens is 2. The zero-order chi connectivity index (χ0) is 30.1. The van der Waals surface area contributed by atoms with Crippen LogP contribution in [-0.2, 0) is 6.61 Å². The zero-order valence-electron chi connectivity index (χ0n) is 24.4. The molecule has 2 aromatic carbocycles. The Morgan fingerprint density at radius 2 is 2.00 bits per heavy atom. The first-order valence-electron chi connectivity index (χ1n) is 15.0. The van der Waals surface area contributed by atoms with Crippen molar-refractivity contribution in [2.24, 2.45) is 5.92 Å². The summed E-state index contributed by atoms with van der Waals surface area (Å²) in [5, 5.41) is 13.9. The molecule has 2 aliphatic heterocycles. The van der Waals surface area contributed by atoms with Crippen molar-refractivity contribution in [2.45, 2.75) is 57.9 Å². The van der Waals surface area contributed by atoms with Crippen molar-refractivity contribution in [1.82, 2.24) is 20.1 Å². The molecule has 230 valence electrons. The lowest BCUT2D eigenvalue weighted by molar-refractivity contribution is 0.0116. The fraction of sp³-hybridized carbons (Fsp3) is 0.469. The van der Waals surface area contributed by atoms with Gasteiger partial charge in [0.15, 0.2) is 0 Å². The fourth-order valence-corrected chi connectivity index (χ4v) is 6.30. The fourth-order valence-electron chi connectivity index (χ4n) is 6.30. The molecular weight excluding hydrogens is 558 g/mol. The maximum atomic E-state index is 14.3. The molecule has 2 fully saturated rings. The number of aromatic amines is 1. The third-order valence-electron chi connectivity index (χ3n) is 8.80. The average Bonchev–Trinajstić information content (AvgIpc) is 3.58. The molecule has 11 heteroatoms. The molecule has 0 radical (unpaired) electrons. The number of amides is 1. The maximum absolute atomic E-state index is 14.3. The van der Waals surface area contributed by atoms with Crippen LogP contribution in [0.1, 0.15) is 38.7 Å². The number of piperidine rings is 2. The second-order valence-electron chi connectivity index (χ2n) is 11.9. The number of hydrogen-bond donors (Lipinski definition) is 3. The summed E-state index contributed by atoms with van der Waals surface area (Å²) >= 11 is 0. The van der Waals surface area contributed by atoms with Gasteiger partial charge in [0.05, 0.1) is 23.3 Å². The quantitative estimate of drug-likeness (QED) is 0.250.